The van der Waals surface area contributed by atoms with E-state index < -0.39 is 0 Å². The summed E-state index contributed by atoms with van der Waals surface area (Å²) in [6, 6.07) is 11.3. The maximum absolute atomic E-state index is 12.6. The van der Waals surface area contributed by atoms with Crippen LogP contribution in [0.5, 0.6) is 5.75 Å². The Labute approximate surface area is 178 Å². The van der Waals surface area contributed by atoms with Crippen LogP contribution in [0.4, 0.5) is 5.95 Å². The molecule has 0 spiro atoms. The molecule has 3 aromatic heterocycles. The predicted molar refractivity (Wildman–Crippen MR) is 117 cm³/mol. The second-order valence-corrected chi connectivity index (χ2v) is 7.94. The van der Waals surface area contributed by atoms with Crippen molar-refractivity contribution in [1.29, 1.82) is 0 Å². The summed E-state index contributed by atoms with van der Waals surface area (Å²) in [5.74, 6) is 1.47. The van der Waals surface area contributed by atoms with Gasteiger partial charge in [-0.3, -0.25) is 10.1 Å². The highest BCUT2D eigenvalue weighted by molar-refractivity contribution is 7.12. The Hall–Kier alpha value is -3.45. The molecule has 4 rings (SSSR count). The topological polar surface area (TPSA) is 77.2 Å². The number of aryl methyl sites for hydroxylation is 3. The maximum Gasteiger partial charge on any atom is 0.268 e. The standard InChI is InChI=1S/C23H21N3O3S/c1-14-9-15(2)21(16(3)10-14)29-12-17-11-20(30-13-17)22(27)26-23-24-7-6-18(25-23)19-5-4-8-28-19/h4-11,13H,12H2,1-3H3,(H,24,25,26,27). The van der Waals surface area contributed by atoms with Gasteiger partial charge in [0, 0.05) is 11.8 Å². The van der Waals surface area contributed by atoms with Crippen molar-refractivity contribution in [3.63, 3.8) is 0 Å². The van der Waals surface area contributed by atoms with Gasteiger partial charge >= 0.3 is 0 Å². The molecule has 30 heavy (non-hydrogen) atoms. The molecule has 0 radical (unpaired) electrons. The number of aromatic nitrogens is 2. The van der Waals surface area contributed by atoms with Gasteiger partial charge in [-0.2, -0.15) is 0 Å². The van der Waals surface area contributed by atoms with Crippen molar-refractivity contribution in [3.8, 4) is 17.2 Å². The average Bonchev–Trinajstić information content (AvgIpc) is 3.40. The van der Waals surface area contributed by atoms with E-state index in [1.54, 1.807) is 30.7 Å². The van der Waals surface area contributed by atoms with E-state index in [9.17, 15) is 4.79 Å². The van der Waals surface area contributed by atoms with E-state index >= 15 is 0 Å². The summed E-state index contributed by atoms with van der Waals surface area (Å²) in [5, 5.41) is 4.66. The fourth-order valence-electron chi connectivity index (χ4n) is 3.26. The number of furan rings is 1. The molecule has 152 valence electrons. The van der Waals surface area contributed by atoms with E-state index in [0.717, 1.165) is 22.4 Å². The predicted octanol–water partition coefficient (Wildman–Crippen LogP) is 5.55. The third-order valence-corrected chi connectivity index (χ3v) is 5.50. The van der Waals surface area contributed by atoms with Crippen molar-refractivity contribution in [2.45, 2.75) is 27.4 Å². The van der Waals surface area contributed by atoms with Crippen LogP contribution in [0.3, 0.4) is 0 Å². The van der Waals surface area contributed by atoms with Gasteiger partial charge in [-0.25, -0.2) is 9.97 Å². The molecule has 0 bridgehead atoms. The van der Waals surface area contributed by atoms with Gasteiger partial charge in [0.1, 0.15) is 18.1 Å². The van der Waals surface area contributed by atoms with Gasteiger partial charge in [-0.1, -0.05) is 17.7 Å². The molecular formula is C23H21N3O3S. The minimum absolute atomic E-state index is 0.228. The van der Waals surface area contributed by atoms with Crippen molar-refractivity contribution in [2.24, 2.45) is 0 Å². The maximum atomic E-state index is 12.6. The highest BCUT2D eigenvalue weighted by Crippen LogP contribution is 2.26. The number of thiophene rings is 1. The van der Waals surface area contributed by atoms with E-state index in [0.29, 0.717) is 22.9 Å². The van der Waals surface area contributed by atoms with Crippen LogP contribution in [0.2, 0.25) is 0 Å². The van der Waals surface area contributed by atoms with Crippen molar-refractivity contribution in [1.82, 2.24) is 9.97 Å². The summed E-state index contributed by atoms with van der Waals surface area (Å²) in [6.07, 6.45) is 3.16. The van der Waals surface area contributed by atoms with Gasteiger partial charge in [0.15, 0.2) is 5.76 Å². The number of nitrogens with one attached hydrogen (secondary N) is 1. The Morgan fingerprint density at radius 2 is 1.97 bits per heavy atom. The van der Waals surface area contributed by atoms with E-state index in [1.807, 2.05) is 25.3 Å². The lowest BCUT2D eigenvalue weighted by Crippen LogP contribution is -2.13. The first-order valence-corrected chi connectivity index (χ1v) is 10.3. The molecule has 0 aliphatic carbocycles. The monoisotopic (exact) mass is 419 g/mol. The summed E-state index contributed by atoms with van der Waals surface area (Å²) in [5.41, 5.74) is 4.97. The van der Waals surface area contributed by atoms with Crippen LogP contribution >= 0.6 is 11.3 Å². The molecule has 0 atom stereocenters. The van der Waals surface area contributed by atoms with Gasteiger partial charge in [-0.15, -0.1) is 11.3 Å². The quantitative estimate of drug-likeness (QED) is 0.443. The molecule has 7 heteroatoms. The van der Waals surface area contributed by atoms with Crippen LogP contribution in [0, 0.1) is 20.8 Å². The summed E-state index contributed by atoms with van der Waals surface area (Å²) in [4.78, 5) is 21.6. The summed E-state index contributed by atoms with van der Waals surface area (Å²) >= 11 is 1.36. The first kappa shape index (κ1) is 19.8. The highest BCUT2D eigenvalue weighted by atomic mass is 32.1. The van der Waals surface area contributed by atoms with Gasteiger partial charge in [-0.05, 0) is 61.5 Å². The minimum Gasteiger partial charge on any atom is -0.488 e. The fraction of sp³-hybridized carbons (Fsp3) is 0.174. The van der Waals surface area contributed by atoms with E-state index in [1.165, 1.54) is 16.9 Å². The Morgan fingerprint density at radius 1 is 1.17 bits per heavy atom. The number of carbonyl (C=O) groups is 1. The molecule has 0 saturated heterocycles. The van der Waals surface area contributed by atoms with Crippen LogP contribution in [-0.4, -0.2) is 15.9 Å². The lowest BCUT2D eigenvalue weighted by atomic mass is 10.1. The number of hydrogen-bond donors (Lipinski definition) is 1. The highest BCUT2D eigenvalue weighted by Gasteiger charge is 2.13. The summed E-state index contributed by atoms with van der Waals surface area (Å²) in [7, 11) is 0. The Morgan fingerprint density at radius 3 is 2.70 bits per heavy atom. The molecular weight excluding hydrogens is 398 g/mol. The second kappa shape index (κ2) is 8.51. The van der Waals surface area contributed by atoms with Gasteiger partial charge in [0.25, 0.3) is 5.91 Å². The molecule has 6 nitrogen and oxygen atoms in total. The minimum atomic E-state index is -0.259. The molecule has 0 aliphatic heterocycles. The summed E-state index contributed by atoms with van der Waals surface area (Å²) < 4.78 is 11.4. The molecule has 3 heterocycles. The van der Waals surface area contributed by atoms with E-state index in [2.05, 4.69) is 34.3 Å². The van der Waals surface area contributed by atoms with Crippen LogP contribution in [0.15, 0.2) is 58.7 Å². The van der Waals surface area contributed by atoms with Crippen LogP contribution < -0.4 is 10.1 Å². The molecule has 0 unspecified atom stereocenters. The van der Waals surface area contributed by atoms with Crippen molar-refractivity contribution in [2.75, 3.05) is 5.32 Å². The number of carbonyl (C=O) groups excluding carboxylic acids is 1. The van der Waals surface area contributed by atoms with E-state index in [4.69, 9.17) is 9.15 Å². The smallest absolute Gasteiger partial charge is 0.268 e. The van der Waals surface area contributed by atoms with Gasteiger partial charge < -0.3 is 9.15 Å². The van der Waals surface area contributed by atoms with E-state index in [-0.39, 0.29) is 11.9 Å². The number of rotatable bonds is 6. The van der Waals surface area contributed by atoms with Crippen molar-refractivity contribution in [3.05, 3.63) is 81.4 Å². The molecule has 1 N–H and O–H groups in total. The second-order valence-electron chi connectivity index (χ2n) is 7.03. The van der Waals surface area contributed by atoms with Crippen molar-refractivity contribution >= 4 is 23.2 Å². The SMILES string of the molecule is Cc1cc(C)c(OCc2csc(C(=O)Nc3nccc(-c4ccco4)n3)c2)c(C)c1. The average molecular weight is 420 g/mol. The lowest BCUT2D eigenvalue weighted by Gasteiger charge is -2.12. The lowest BCUT2D eigenvalue weighted by molar-refractivity contribution is 0.102. The molecule has 1 amide bonds. The number of anilines is 1. The number of ether oxygens (including phenoxy) is 1. The largest absolute Gasteiger partial charge is 0.488 e. The first-order chi connectivity index (χ1) is 14.5. The zero-order valence-electron chi connectivity index (χ0n) is 16.9. The van der Waals surface area contributed by atoms with Crippen LogP contribution in [0.25, 0.3) is 11.5 Å². The first-order valence-electron chi connectivity index (χ1n) is 9.46. The Bertz CT molecular complexity index is 1160. The van der Waals surface area contributed by atoms with Gasteiger partial charge in [0.2, 0.25) is 5.95 Å². The third kappa shape index (κ3) is 4.41. The number of nitrogens with zero attached hydrogens (tertiary/aromatic N) is 2. The molecule has 4 aromatic rings. The normalized spacial score (nSPS) is 10.8. The van der Waals surface area contributed by atoms with Crippen molar-refractivity contribution < 1.29 is 13.9 Å². The van der Waals surface area contributed by atoms with Crippen LogP contribution in [0.1, 0.15) is 31.9 Å². The Balaban J connectivity index is 1.42. The zero-order valence-corrected chi connectivity index (χ0v) is 17.7. The van der Waals surface area contributed by atoms with Gasteiger partial charge in [0.05, 0.1) is 11.1 Å². The number of benzene rings is 1. The number of amides is 1. The Kier molecular flexibility index (Phi) is 5.63. The zero-order chi connectivity index (χ0) is 21.1. The molecule has 1 aromatic carbocycles. The van der Waals surface area contributed by atoms with Crippen LogP contribution in [-0.2, 0) is 6.61 Å². The molecule has 0 aliphatic rings. The third-order valence-electron chi connectivity index (χ3n) is 4.52. The summed E-state index contributed by atoms with van der Waals surface area (Å²) in [6.45, 7) is 6.55. The fourth-order valence-corrected chi connectivity index (χ4v) is 4.06. The molecule has 0 fully saturated rings. The molecule has 0 saturated carbocycles. The number of hydrogen-bond acceptors (Lipinski definition) is 6.